The molecule has 14 heavy (non-hydrogen) atoms. The van der Waals surface area contributed by atoms with Crippen molar-refractivity contribution in [1.82, 2.24) is 14.8 Å². The average molecular weight is 224 g/mol. The maximum Gasteiger partial charge on any atom is 0.258 e. The van der Waals surface area contributed by atoms with E-state index in [4.69, 9.17) is 11.6 Å². The second-order valence-corrected chi connectivity index (χ2v) is 3.77. The lowest BCUT2D eigenvalue weighted by molar-refractivity contribution is 0.0896. The van der Waals surface area contributed by atoms with Gasteiger partial charge in [-0.25, -0.2) is 8.78 Å². The van der Waals surface area contributed by atoms with Crippen molar-refractivity contribution in [3.05, 3.63) is 11.1 Å². The maximum absolute atomic E-state index is 12.5. The summed E-state index contributed by atoms with van der Waals surface area (Å²) in [5.74, 6) is 0.513. The highest BCUT2D eigenvalue weighted by Crippen LogP contribution is 2.25. The summed E-state index contributed by atoms with van der Waals surface area (Å²) in [7, 11) is 0. The number of nitrogens with zero attached hydrogens (tertiary/aromatic N) is 3. The van der Waals surface area contributed by atoms with Crippen molar-refractivity contribution in [2.75, 3.05) is 0 Å². The van der Waals surface area contributed by atoms with Crippen molar-refractivity contribution in [3.8, 4) is 0 Å². The van der Waals surface area contributed by atoms with Crippen molar-refractivity contribution >= 4 is 11.6 Å². The Morgan fingerprint density at radius 2 is 1.79 bits per heavy atom. The fourth-order valence-electron chi connectivity index (χ4n) is 1.17. The minimum absolute atomic E-state index is 0.0153. The summed E-state index contributed by atoms with van der Waals surface area (Å²) < 4.78 is 26.2. The molecule has 0 aliphatic rings. The molecule has 0 radical (unpaired) electrons. The molecule has 1 aromatic heterocycles. The van der Waals surface area contributed by atoms with Crippen molar-refractivity contribution in [3.63, 3.8) is 0 Å². The molecule has 6 heteroatoms. The molecular weight excluding hydrogens is 212 g/mol. The molecule has 1 aromatic rings. The number of hydrogen-bond acceptors (Lipinski definition) is 2. The SMILES string of the molecule is CC(C)c1nnc(Cl)n1C(C)C(F)F. The van der Waals surface area contributed by atoms with Crippen molar-refractivity contribution < 1.29 is 8.78 Å². The van der Waals surface area contributed by atoms with Gasteiger partial charge in [-0.2, -0.15) is 0 Å². The van der Waals surface area contributed by atoms with Gasteiger partial charge in [0.15, 0.2) is 0 Å². The highest BCUT2D eigenvalue weighted by atomic mass is 35.5. The highest BCUT2D eigenvalue weighted by molar-refractivity contribution is 6.28. The minimum atomic E-state index is -2.47. The molecule has 80 valence electrons. The first-order valence-corrected chi connectivity index (χ1v) is 4.71. The van der Waals surface area contributed by atoms with Gasteiger partial charge in [-0.1, -0.05) is 13.8 Å². The predicted molar refractivity (Wildman–Crippen MR) is 49.8 cm³/mol. The van der Waals surface area contributed by atoms with Gasteiger partial charge in [-0.15, -0.1) is 10.2 Å². The topological polar surface area (TPSA) is 30.7 Å². The Hall–Kier alpha value is -0.710. The highest BCUT2D eigenvalue weighted by Gasteiger charge is 2.24. The number of rotatable bonds is 3. The summed E-state index contributed by atoms with van der Waals surface area (Å²) in [5.41, 5.74) is 0. The van der Waals surface area contributed by atoms with E-state index in [0.29, 0.717) is 5.82 Å². The van der Waals surface area contributed by atoms with E-state index in [1.54, 1.807) is 0 Å². The lowest BCUT2D eigenvalue weighted by Gasteiger charge is -2.16. The van der Waals surface area contributed by atoms with Gasteiger partial charge >= 0.3 is 0 Å². The number of halogens is 3. The zero-order valence-corrected chi connectivity index (χ0v) is 8.96. The molecule has 0 amide bonds. The predicted octanol–water partition coefficient (Wildman–Crippen LogP) is 2.88. The van der Waals surface area contributed by atoms with E-state index in [9.17, 15) is 8.78 Å². The smallest absolute Gasteiger partial charge is 0.258 e. The summed E-state index contributed by atoms with van der Waals surface area (Å²) in [6.45, 7) is 5.11. The molecule has 1 unspecified atom stereocenters. The Labute approximate surface area is 86.1 Å². The third kappa shape index (κ3) is 2.03. The molecule has 0 fully saturated rings. The molecule has 0 saturated heterocycles. The Morgan fingerprint density at radius 1 is 1.21 bits per heavy atom. The second-order valence-electron chi connectivity index (χ2n) is 3.43. The summed E-state index contributed by atoms with van der Waals surface area (Å²) >= 11 is 5.68. The summed E-state index contributed by atoms with van der Waals surface area (Å²) in [5, 5.41) is 7.37. The van der Waals surface area contributed by atoms with Gasteiger partial charge in [0.05, 0.1) is 6.04 Å². The zero-order chi connectivity index (χ0) is 10.9. The quantitative estimate of drug-likeness (QED) is 0.789. The number of hydrogen-bond donors (Lipinski definition) is 0. The fourth-order valence-corrected chi connectivity index (χ4v) is 1.44. The van der Waals surface area contributed by atoms with Gasteiger partial charge in [0.2, 0.25) is 5.28 Å². The standard InChI is InChI=1S/C8H12ClF2N3/c1-4(2)7-12-13-8(9)14(7)5(3)6(10)11/h4-6H,1-3H3. The first kappa shape index (κ1) is 11.4. The van der Waals surface area contributed by atoms with Crippen LogP contribution in [0.3, 0.4) is 0 Å². The second kappa shape index (κ2) is 4.21. The van der Waals surface area contributed by atoms with Gasteiger partial charge in [0, 0.05) is 5.92 Å². The van der Waals surface area contributed by atoms with Gasteiger partial charge in [-0.05, 0) is 18.5 Å². The molecular formula is C8H12ClF2N3. The third-order valence-electron chi connectivity index (χ3n) is 1.97. The number of aromatic nitrogens is 3. The minimum Gasteiger partial charge on any atom is -0.293 e. The molecule has 0 N–H and O–H groups in total. The van der Waals surface area contributed by atoms with Crippen LogP contribution in [0.1, 0.15) is 38.6 Å². The molecule has 0 bridgehead atoms. The van der Waals surface area contributed by atoms with Gasteiger partial charge in [-0.3, -0.25) is 4.57 Å². The molecule has 1 atom stereocenters. The monoisotopic (exact) mass is 223 g/mol. The summed E-state index contributed by atoms with van der Waals surface area (Å²) in [4.78, 5) is 0. The molecule has 1 heterocycles. The molecule has 0 aliphatic carbocycles. The van der Waals surface area contributed by atoms with Gasteiger partial charge in [0.1, 0.15) is 5.82 Å². The molecule has 0 aromatic carbocycles. The first-order chi connectivity index (χ1) is 6.45. The Kier molecular flexibility index (Phi) is 3.42. The van der Waals surface area contributed by atoms with Crippen LogP contribution in [0, 0.1) is 0 Å². The molecule has 0 saturated carbocycles. The van der Waals surface area contributed by atoms with Crippen LogP contribution in [-0.4, -0.2) is 21.2 Å². The fraction of sp³-hybridized carbons (Fsp3) is 0.750. The van der Waals surface area contributed by atoms with Crippen LogP contribution in [0.2, 0.25) is 5.28 Å². The Balaban J connectivity index is 3.10. The maximum atomic E-state index is 12.5. The lowest BCUT2D eigenvalue weighted by Crippen LogP contribution is -2.17. The van der Waals surface area contributed by atoms with Crippen LogP contribution in [0.25, 0.3) is 0 Å². The van der Waals surface area contributed by atoms with E-state index in [2.05, 4.69) is 10.2 Å². The van der Waals surface area contributed by atoms with Crippen molar-refractivity contribution in [2.45, 2.75) is 39.2 Å². The molecule has 1 rings (SSSR count). The van der Waals surface area contributed by atoms with Crippen LogP contribution < -0.4 is 0 Å². The molecule has 0 aliphatic heterocycles. The van der Waals surface area contributed by atoms with Crippen LogP contribution in [0.4, 0.5) is 8.78 Å². The third-order valence-corrected chi connectivity index (χ3v) is 2.23. The molecule has 0 spiro atoms. The van der Waals surface area contributed by atoms with Crippen LogP contribution in [0.15, 0.2) is 0 Å². The Bertz CT molecular complexity index is 312. The van der Waals surface area contributed by atoms with Gasteiger partial charge < -0.3 is 0 Å². The van der Waals surface area contributed by atoms with Crippen molar-refractivity contribution in [1.29, 1.82) is 0 Å². The summed E-state index contributed by atoms with van der Waals surface area (Å²) in [6, 6.07) is -0.991. The number of alkyl halides is 2. The summed E-state index contributed by atoms with van der Waals surface area (Å²) in [6.07, 6.45) is -2.47. The van der Waals surface area contributed by atoms with E-state index in [1.165, 1.54) is 11.5 Å². The molecule has 3 nitrogen and oxygen atoms in total. The van der Waals surface area contributed by atoms with Crippen LogP contribution in [-0.2, 0) is 0 Å². The van der Waals surface area contributed by atoms with Gasteiger partial charge in [0.25, 0.3) is 6.43 Å². The Morgan fingerprint density at radius 3 is 2.21 bits per heavy atom. The normalized spacial score (nSPS) is 14.0. The zero-order valence-electron chi connectivity index (χ0n) is 8.21. The van der Waals surface area contributed by atoms with Crippen LogP contribution in [0.5, 0.6) is 0 Å². The average Bonchev–Trinajstić information content (AvgIpc) is 2.45. The van der Waals surface area contributed by atoms with E-state index in [1.807, 2.05) is 13.8 Å². The van der Waals surface area contributed by atoms with Crippen molar-refractivity contribution in [2.24, 2.45) is 0 Å². The lowest BCUT2D eigenvalue weighted by atomic mass is 10.2. The first-order valence-electron chi connectivity index (χ1n) is 4.33. The van der Waals surface area contributed by atoms with E-state index < -0.39 is 12.5 Å². The largest absolute Gasteiger partial charge is 0.293 e. The van der Waals surface area contributed by atoms with E-state index in [-0.39, 0.29) is 11.2 Å². The van der Waals surface area contributed by atoms with E-state index >= 15 is 0 Å². The van der Waals surface area contributed by atoms with E-state index in [0.717, 1.165) is 0 Å². The van der Waals surface area contributed by atoms with Crippen LogP contribution >= 0.6 is 11.6 Å².